The average molecular weight is 462 g/mol. The van der Waals surface area contributed by atoms with Gasteiger partial charge in [0.1, 0.15) is 11.6 Å². The molecular weight excluding hydrogens is 440 g/mol. The predicted octanol–water partition coefficient (Wildman–Crippen LogP) is 0.217. The highest BCUT2D eigenvalue weighted by molar-refractivity contribution is 6.01. The lowest BCUT2D eigenvalue weighted by atomic mass is 10.0. The van der Waals surface area contributed by atoms with Gasteiger partial charge in [-0.3, -0.25) is 24.1 Å². The van der Waals surface area contributed by atoms with Crippen LogP contribution in [0, 0.1) is 0 Å². The smallest absolute Gasteiger partial charge is 0.329 e. The Morgan fingerprint density at radius 3 is 2.53 bits per heavy atom. The lowest BCUT2D eigenvalue weighted by molar-refractivity contribution is -0.140. The van der Waals surface area contributed by atoms with E-state index in [4.69, 9.17) is 10.7 Å². The summed E-state index contributed by atoms with van der Waals surface area (Å²) >= 11 is 0. The number of carbonyl (C=O) groups excluding carboxylic acids is 1. The quantitative estimate of drug-likeness (QED) is 0.360. The summed E-state index contributed by atoms with van der Waals surface area (Å²) in [7, 11) is 0. The molecule has 0 spiro atoms. The Labute approximate surface area is 192 Å². The van der Waals surface area contributed by atoms with E-state index in [0.29, 0.717) is 53.7 Å². The number of aromatic nitrogens is 6. The summed E-state index contributed by atoms with van der Waals surface area (Å²) < 4.78 is 1.54. The van der Waals surface area contributed by atoms with Crippen molar-refractivity contribution in [3.05, 3.63) is 51.6 Å². The molecule has 4 aromatic heterocycles. The molecule has 4 aromatic rings. The van der Waals surface area contributed by atoms with Gasteiger partial charge in [0.2, 0.25) is 5.95 Å². The van der Waals surface area contributed by atoms with Gasteiger partial charge in [-0.15, -0.1) is 0 Å². The molecule has 0 aromatic carbocycles. The number of likely N-dealkylation sites (tertiary alicyclic amines) is 1. The third kappa shape index (κ3) is 3.67. The highest BCUT2D eigenvalue weighted by Gasteiger charge is 2.28. The van der Waals surface area contributed by atoms with E-state index in [1.54, 1.807) is 34.0 Å². The summed E-state index contributed by atoms with van der Waals surface area (Å²) in [4.78, 5) is 58.8. The molecule has 0 aliphatic carbocycles. The third-order valence-electron chi connectivity index (χ3n) is 6.08. The van der Waals surface area contributed by atoms with Crippen molar-refractivity contribution in [2.75, 3.05) is 18.8 Å². The van der Waals surface area contributed by atoms with Crippen LogP contribution < -0.4 is 17.0 Å². The number of nitrogens with one attached hydrogen (secondary N) is 1. The van der Waals surface area contributed by atoms with Crippen LogP contribution in [-0.4, -0.2) is 64.6 Å². The second kappa shape index (κ2) is 8.30. The van der Waals surface area contributed by atoms with Gasteiger partial charge in [-0.2, -0.15) is 0 Å². The molecule has 1 aliphatic heterocycles. The average Bonchev–Trinajstić information content (AvgIpc) is 2.84. The first-order valence-electron chi connectivity index (χ1n) is 10.8. The maximum atomic E-state index is 13.0. The number of hydrogen-bond acceptors (Lipinski definition) is 9. The van der Waals surface area contributed by atoms with E-state index in [9.17, 15) is 19.5 Å². The van der Waals surface area contributed by atoms with E-state index in [2.05, 4.69) is 19.9 Å². The van der Waals surface area contributed by atoms with Crippen molar-refractivity contribution in [1.29, 1.82) is 0 Å². The van der Waals surface area contributed by atoms with E-state index in [-0.39, 0.29) is 23.3 Å². The van der Waals surface area contributed by atoms with Crippen LogP contribution in [0.5, 0.6) is 0 Å². The number of aliphatic hydroxyl groups is 1. The van der Waals surface area contributed by atoms with E-state index >= 15 is 0 Å². The molecule has 5 rings (SSSR count). The third-order valence-corrected chi connectivity index (χ3v) is 6.08. The number of aromatic amines is 1. The Kier molecular flexibility index (Phi) is 5.28. The second-order valence-electron chi connectivity index (χ2n) is 8.28. The zero-order valence-corrected chi connectivity index (χ0v) is 18.3. The Hall–Kier alpha value is -4.19. The van der Waals surface area contributed by atoms with Crippen molar-refractivity contribution >= 4 is 33.8 Å². The van der Waals surface area contributed by atoms with Crippen LogP contribution in [0.15, 0.2) is 40.3 Å². The fraction of sp³-hybridized carbons (Fsp3) is 0.318. The van der Waals surface area contributed by atoms with Gasteiger partial charge >= 0.3 is 5.69 Å². The zero-order valence-electron chi connectivity index (χ0n) is 18.3. The minimum absolute atomic E-state index is 0.137. The van der Waals surface area contributed by atoms with Crippen LogP contribution in [0.25, 0.3) is 33.2 Å². The maximum Gasteiger partial charge on any atom is 0.329 e. The number of piperidine rings is 1. The predicted molar refractivity (Wildman–Crippen MR) is 124 cm³/mol. The van der Waals surface area contributed by atoms with Gasteiger partial charge in [-0.05, 0) is 31.9 Å². The number of carbonyl (C=O) groups is 1. The molecule has 12 heteroatoms. The summed E-state index contributed by atoms with van der Waals surface area (Å²) in [5, 5.41) is 9.85. The summed E-state index contributed by atoms with van der Waals surface area (Å²) in [6.45, 7) is 2.20. The lowest BCUT2D eigenvalue weighted by Crippen LogP contribution is -2.45. The van der Waals surface area contributed by atoms with Gasteiger partial charge in [-0.1, -0.05) is 0 Å². The fourth-order valence-corrected chi connectivity index (χ4v) is 4.38. The zero-order chi connectivity index (χ0) is 24.0. The molecule has 1 aliphatic rings. The normalized spacial score (nSPS) is 15.6. The van der Waals surface area contributed by atoms with E-state index in [1.165, 1.54) is 13.1 Å². The van der Waals surface area contributed by atoms with Crippen molar-refractivity contribution in [3.8, 4) is 11.3 Å². The number of nitrogens with two attached hydrogens (primary N) is 1. The number of nitrogen functional groups attached to an aromatic ring is 1. The number of rotatable bonds is 3. The molecular formula is C22H22N8O4. The minimum atomic E-state index is -1.08. The van der Waals surface area contributed by atoms with Crippen molar-refractivity contribution in [2.24, 2.45) is 0 Å². The molecule has 0 saturated carbocycles. The molecule has 0 bridgehead atoms. The standard InChI is InChI=1S/C22H22N8O4/c1-11(31)20(33)29-6-4-13(5-7-29)30-18-14(19(32)28-22(30)34)10-24-16-3-2-15(27-17(16)18)12-8-25-21(23)26-9-12/h2-3,8-11,13,31H,4-7H2,1H3,(H2,23,25,26)(H,28,32,34). The number of H-pyrrole nitrogens is 1. The van der Waals surface area contributed by atoms with Crippen molar-refractivity contribution < 1.29 is 9.90 Å². The number of hydrogen-bond donors (Lipinski definition) is 3. The Morgan fingerprint density at radius 1 is 1.15 bits per heavy atom. The molecule has 5 heterocycles. The molecule has 0 radical (unpaired) electrons. The van der Waals surface area contributed by atoms with Crippen LogP contribution in [0.4, 0.5) is 5.95 Å². The topological polar surface area (TPSA) is 173 Å². The van der Waals surface area contributed by atoms with Gasteiger partial charge in [-0.25, -0.2) is 19.7 Å². The van der Waals surface area contributed by atoms with Gasteiger partial charge in [0.25, 0.3) is 11.5 Å². The maximum absolute atomic E-state index is 13.0. The molecule has 1 fully saturated rings. The number of anilines is 1. The van der Waals surface area contributed by atoms with Crippen LogP contribution >= 0.6 is 0 Å². The summed E-state index contributed by atoms with van der Waals surface area (Å²) in [5.41, 5.74) is 6.96. The Bertz CT molecular complexity index is 1520. The van der Waals surface area contributed by atoms with E-state index in [1.807, 2.05) is 0 Å². The van der Waals surface area contributed by atoms with Crippen LogP contribution in [0.3, 0.4) is 0 Å². The van der Waals surface area contributed by atoms with Crippen molar-refractivity contribution in [3.63, 3.8) is 0 Å². The molecule has 1 amide bonds. The van der Waals surface area contributed by atoms with Gasteiger partial charge in [0.05, 0.1) is 22.1 Å². The second-order valence-corrected chi connectivity index (χ2v) is 8.28. The molecule has 174 valence electrons. The molecule has 4 N–H and O–H groups in total. The summed E-state index contributed by atoms with van der Waals surface area (Å²) in [6.07, 6.45) is 4.41. The molecule has 1 unspecified atom stereocenters. The van der Waals surface area contributed by atoms with Crippen LogP contribution in [0.1, 0.15) is 25.8 Å². The van der Waals surface area contributed by atoms with Crippen molar-refractivity contribution in [1.82, 2.24) is 34.4 Å². The van der Waals surface area contributed by atoms with E-state index < -0.39 is 17.4 Å². The largest absolute Gasteiger partial charge is 0.384 e. The molecule has 1 saturated heterocycles. The van der Waals surface area contributed by atoms with Crippen molar-refractivity contribution in [2.45, 2.75) is 31.9 Å². The summed E-state index contributed by atoms with van der Waals surface area (Å²) in [6, 6.07) is 3.24. The molecule has 34 heavy (non-hydrogen) atoms. The van der Waals surface area contributed by atoms with Gasteiger partial charge in [0.15, 0.2) is 0 Å². The number of nitrogens with zero attached hydrogens (tertiary/aromatic N) is 6. The number of aliphatic hydroxyl groups excluding tert-OH is 1. The Balaban J connectivity index is 1.66. The van der Waals surface area contributed by atoms with E-state index in [0.717, 1.165) is 0 Å². The summed E-state index contributed by atoms with van der Waals surface area (Å²) in [5.74, 6) is -0.207. The number of amides is 1. The highest BCUT2D eigenvalue weighted by atomic mass is 16.3. The first-order chi connectivity index (χ1) is 16.3. The SMILES string of the molecule is CC(O)C(=O)N1CCC(n2c(=O)[nH]c(=O)c3cnc4ccc(-c5cnc(N)nc5)nc4c32)CC1. The highest BCUT2D eigenvalue weighted by Crippen LogP contribution is 2.28. The monoisotopic (exact) mass is 462 g/mol. The Morgan fingerprint density at radius 2 is 1.85 bits per heavy atom. The van der Waals surface area contributed by atoms with Crippen LogP contribution in [0.2, 0.25) is 0 Å². The fourth-order valence-electron chi connectivity index (χ4n) is 4.38. The molecule has 12 nitrogen and oxygen atoms in total. The first-order valence-corrected chi connectivity index (χ1v) is 10.8. The number of pyridine rings is 2. The molecule has 1 atom stereocenters. The lowest BCUT2D eigenvalue weighted by Gasteiger charge is -2.34. The van der Waals surface area contributed by atoms with Crippen LogP contribution in [-0.2, 0) is 4.79 Å². The van der Waals surface area contributed by atoms with Gasteiger partial charge < -0.3 is 15.7 Å². The minimum Gasteiger partial charge on any atom is -0.384 e. The number of fused-ring (bicyclic) bond motifs is 3. The van der Waals surface area contributed by atoms with Gasteiger partial charge in [0, 0.05) is 43.3 Å². The first kappa shape index (κ1) is 21.6.